The van der Waals surface area contributed by atoms with Crippen LogP contribution in [0.2, 0.25) is 0 Å². The van der Waals surface area contributed by atoms with E-state index in [-0.39, 0.29) is 17.4 Å². The van der Waals surface area contributed by atoms with Gasteiger partial charge in [-0.05, 0) is 31.9 Å². The molecule has 1 aromatic carbocycles. The highest BCUT2D eigenvalue weighted by Gasteiger charge is 2.13. The van der Waals surface area contributed by atoms with Gasteiger partial charge in [0.2, 0.25) is 0 Å². The molecular weight excluding hydrogens is 278 g/mol. The minimum atomic E-state index is -0.333. The first-order chi connectivity index (χ1) is 10.3. The lowest BCUT2D eigenvalue weighted by atomic mass is 10.1. The van der Waals surface area contributed by atoms with Crippen LogP contribution < -0.4 is 10.9 Å². The highest BCUT2D eigenvalue weighted by Crippen LogP contribution is 2.20. The SMILES string of the molecule is Cc1cc(C)c(-n2nc(CNC(C)C)c(O)cc2=O)c(C)c1. The molecule has 0 aliphatic carbocycles. The van der Waals surface area contributed by atoms with Crippen LogP contribution in [0.25, 0.3) is 5.69 Å². The molecule has 1 heterocycles. The van der Waals surface area contributed by atoms with Gasteiger partial charge in [0.05, 0.1) is 5.69 Å². The lowest BCUT2D eigenvalue weighted by molar-refractivity contribution is 0.447. The van der Waals surface area contributed by atoms with Crippen molar-refractivity contribution in [3.8, 4) is 11.4 Å². The second-order valence-corrected chi connectivity index (χ2v) is 6.01. The fraction of sp³-hybridized carbons (Fsp3) is 0.412. The summed E-state index contributed by atoms with van der Waals surface area (Å²) in [6.45, 7) is 10.4. The third kappa shape index (κ3) is 3.36. The molecule has 0 aliphatic heterocycles. The lowest BCUT2D eigenvalue weighted by Crippen LogP contribution is -2.27. The van der Waals surface area contributed by atoms with Gasteiger partial charge in [0.1, 0.15) is 11.4 Å². The van der Waals surface area contributed by atoms with Crippen molar-refractivity contribution in [1.29, 1.82) is 0 Å². The van der Waals surface area contributed by atoms with Gasteiger partial charge in [0, 0.05) is 18.7 Å². The van der Waals surface area contributed by atoms with E-state index in [1.165, 1.54) is 10.7 Å². The van der Waals surface area contributed by atoms with Crippen molar-refractivity contribution in [2.75, 3.05) is 0 Å². The maximum Gasteiger partial charge on any atom is 0.275 e. The van der Waals surface area contributed by atoms with Crippen molar-refractivity contribution in [1.82, 2.24) is 15.1 Å². The molecule has 5 heteroatoms. The predicted octanol–water partition coefficient (Wildman–Crippen LogP) is 2.36. The van der Waals surface area contributed by atoms with E-state index >= 15 is 0 Å². The number of benzene rings is 1. The Kier molecular flexibility index (Phi) is 4.66. The van der Waals surface area contributed by atoms with E-state index in [2.05, 4.69) is 10.4 Å². The zero-order chi connectivity index (χ0) is 16.4. The normalized spacial score (nSPS) is 11.2. The minimum absolute atomic E-state index is 0.0724. The zero-order valence-electron chi connectivity index (χ0n) is 13.8. The van der Waals surface area contributed by atoms with E-state index in [9.17, 15) is 9.90 Å². The van der Waals surface area contributed by atoms with Crippen molar-refractivity contribution >= 4 is 0 Å². The van der Waals surface area contributed by atoms with Crippen LogP contribution in [0.1, 0.15) is 36.2 Å². The summed E-state index contributed by atoms with van der Waals surface area (Å²) in [6, 6.07) is 5.54. The number of nitrogens with one attached hydrogen (secondary N) is 1. The largest absolute Gasteiger partial charge is 0.506 e. The highest BCUT2D eigenvalue weighted by atomic mass is 16.3. The molecule has 0 radical (unpaired) electrons. The lowest BCUT2D eigenvalue weighted by Gasteiger charge is -2.15. The van der Waals surface area contributed by atoms with Gasteiger partial charge in [-0.25, -0.2) is 0 Å². The van der Waals surface area contributed by atoms with E-state index in [0.717, 1.165) is 22.4 Å². The summed E-state index contributed by atoms with van der Waals surface area (Å²) in [7, 11) is 0. The van der Waals surface area contributed by atoms with Gasteiger partial charge in [-0.2, -0.15) is 9.78 Å². The van der Waals surface area contributed by atoms with E-state index in [1.807, 2.05) is 46.8 Å². The summed E-state index contributed by atoms with van der Waals surface area (Å²) >= 11 is 0. The predicted molar refractivity (Wildman–Crippen MR) is 87.7 cm³/mol. The first-order valence-electron chi connectivity index (χ1n) is 7.43. The quantitative estimate of drug-likeness (QED) is 0.910. The van der Waals surface area contributed by atoms with Crippen LogP contribution in [0, 0.1) is 20.8 Å². The summed E-state index contributed by atoms with van der Waals surface area (Å²) in [5, 5.41) is 17.5. The molecule has 2 N–H and O–H groups in total. The Bertz CT molecular complexity index is 725. The highest BCUT2D eigenvalue weighted by molar-refractivity contribution is 5.49. The van der Waals surface area contributed by atoms with Crippen LogP contribution in [0.5, 0.6) is 5.75 Å². The average Bonchev–Trinajstić information content (AvgIpc) is 2.38. The molecule has 2 aromatic rings. The second-order valence-electron chi connectivity index (χ2n) is 6.01. The molecule has 0 aliphatic rings. The molecule has 2 rings (SSSR count). The van der Waals surface area contributed by atoms with Gasteiger partial charge in [0.15, 0.2) is 0 Å². The second kappa shape index (κ2) is 6.32. The maximum absolute atomic E-state index is 12.2. The van der Waals surface area contributed by atoms with Crippen LogP contribution in [0.4, 0.5) is 0 Å². The van der Waals surface area contributed by atoms with Crippen molar-refractivity contribution in [2.45, 2.75) is 47.2 Å². The number of rotatable bonds is 4. The molecular formula is C17H23N3O2. The molecule has 0 atom stereocenters. The van der Waals surface area contributed by atoms with Gasteiger partial charge < -0.3 is 10.4 Å². The molecule has 0 amide bonds. The van der Waals surface area contributed by atoms with Gasteiger partial charge in [0.25, 0.3) is 5.56 Å². The first-order valence-corrected chi connectivity index (χ1v) is 7.43. The number of aromatic hydroxyl groups is 1. The first kappa shape index (κ1) is 16.2. The Balaban J connectivity index is 2.56. The third-order valence-corrected chi connectivity index (χ3v) is 3.51. The average molecular weight is 301 g/mol. The molecule has 0 unspecified atom stereocenters. The zero-order valence-corrected chi connectivity index (χ0v) is 13.8. The van der Waals surface area contributed by atoms with Crippen molar-refractivity contribution in [2.24, 2.45) is 0 Å². The topological polar surface area (TPSA) is 67.2 Å². The van der Waals surface area contributed by atoms with Crippen LogP contribution in [0.3, 0.4) is 0 Å². The minimum Gasteiger partial charge on any atom is -0.506 e. The molecule has 0 spiro atoms. The van der Waals surface area contributed by atoms with E-state index in [0.29, 0.717) is 12.2 Å². The molecule has 22 heavy (non-hydrogen) atoms. The molecule has 1 aromatic heterocycles. The summed E-state index contributed by atoms with van der Waals surface area (Å²) < 4.78 is 1.38. The van der Waals surface area contributed by atoms with Crippen LogP contribution in [-0.4, -0.2) is 20.9 Å². The van der Waals surface area contributed by atoms with Crippen LogP contribution in [0.15, 0.2) is 23.0 Å². The number of hydrogen-bond donors (Lipinski definition) is 2. The van der Waals surface area contributed by atoms with Gasteiger partial charge in [-0.3, -0.25) is 4.79 Å². The summed E-state index contributed by atoms with van der Waals surface area (Å²) in [4.78, 5) is 12.2. The monoisotopic (exact) mass is 301 g/mol. The fourth-order valence-electron chi connectivity index (χ4n) is 2.58. The summed E-state index contributed by atoms with van der Waals surface area (Å²) in [5.41, 5.74) is 4.03. The molecule has 0 saturated carbocycles. The van der Waals surface area contributed by atoms with Crippen LogP contribution >= 0.6 is 0 Å². The van der Waals surface area contributed by atoms with Crippen molar-refractivity contribution < 1.29 is 5.11 Å². The molecule has 0 bridgehead atoms. The number of hydrogen-bond acceptors (Lipinski definition) is 4. The standard InChI is InChI=1S/C17H23N3O2/c1-10(2)18-9-14-15(21)8-16(22)20(19-14)17-12(4)6-11(3)7-13(17)5/h6-8,10,18,21H,9H2,1-5H3. The third-order valence-electron chi connectivity index (χ3n) is 3.51. The van der Waals surface area contributed by atoms with Crippen molar-refractivity contribution in [3.63, 3.8) is 0 Å². The summed E-state index contributed by atoms with van der Waals surface area (Å²) in [6.07, 6.45) is 0. The maximum atomic E-state index is 12.2. The Hall–Kier alpha value is -2.14. The van der Waals surface area contributed by atoms with Crippen molar-refractivity contribution in [3.05, 3.63) is 50.9 Å². The fourth-order valence-corrected chi connectivity index (χ4v) is 2.58. The van der Waals surface area contributed by atoms with E-state index in [4.69, 9.17) is 0 Å². The number of aromatic nitrogens is 2. The Morgan fingerprint density at radius 2 is 1.77 bits per heavy atom. The number of aryl methyl sites for hydroxylation is 3. The number of nitrogens with zero attached hydrogens (tertiary/aromatic N) is 2. The smallest absolute Gasteiger partial charge is 0.275 e. The van der Waals surface area contributed by atoms with Gasteiger partial charge >= 0.3 is 0 Å². The molecule has 118 valence electrons. The van der Waals surface area contributed by atoms with Gasteiger partial charge in [-0.1, -0.05) is 31.5 Å². The van der Waals surface area contributed by atoms with Gasteiger partial charge in [-0.15, -0.1) is 0 Å². The van der Waals surface area contributed by atoms with E-state index in [1.54, 1.807) is 0 Å². The van der Waals surface area contributed by atoms with Crippen LogP contribution in [-0.2, 0) is 6.54 Å². The Morgan fingerprint density at radius 3 is 2.32 bits per heavy atom. The molecule has 0 saturated heterocycles. The molecule has 5 nitrogen and oxygen atoms in total. The Morgan fingerprint density at radius 1 is 1.18 bits per heavy atom. The Labute approximate surface area is 130 Å². The summed E-state index contributed by atoms with van der Waals surface area (Å²) in [5.74, 6) is -0.0724. The molecule has 0 fully saturated rings. The van der Waals surface area contributed by atoms with E-state index < -0.39 is 0 Å².